The van der Waals surface area contributed by atoms with Gasteiger partial charge < -0.3 is 4.74 Å². The smallest absolute Gasteiger partial charge is 0.147 e. The van der Waals surface area contributed by atoms with E-state index in [4.69, 9.17) is 21.6 Å². The zero-order chi connectivity index (χ0) is 13.0. The van der Waals surface area contributed by atoms with Gasteiger partial charge in [0, 0.05) is 17.3 Å². The van der Waals surface area contributed by atoms with Crippen LogP contribution in [0, 0.1) is 11.3 Å². The Balaban J connectivity index is 2.63. The Morgan fingerprint density at radius 1 is 1.28 bits per heavy atom. The predicted molar refractivity (Wildman–Crippen MR) is 70.6 cm³/mol. The number of para-hydroxylation sites is 1. The summed E-state index contributed by atoms with van der Waals surface area (Å²) in [5, 5.41) is 9.38. The molecule has 0 N–H and O–H groups in total. The second-order valence-corrected chi connectivity index (χ2v) is 3.92. The monoisotopic (exact) mass is 258 g/mol. The number of ether oxygens (including phenoxy) is 1. The van der Waals surface area contributed by atoms with E-state index in [9.17, 15) is 0 Å². The molecule has 0 atom stereocenters. The normalized spacial score (nSPS) is 9.83. The van der Waals surface area contributed by atoms with Crippen LogP contribution in [0.5, 0.6) is 5.75 Å². The summed E-state index contributed by atoms with van der Waals surface area (Å²) < 4.78 is 5.56. The maximum Gasteiger partial charge on any atom is 0.147 e. The van der Waals surface area contributed by atoms with Crippen LogP contribution in [0.2, 0.25) is 5.15 Å². The Bertz CT molecular complexity index is 605. The van der Waals surface area contributed by atoms with Gasteiger partial charge in [0.1, 0.15) is 17.0 Å². The van der Waals surface area contributed by atoms with Gasteiger partial charge in [-0.05, 0) is 19.1 Å². The molecule has 18 heavy (non-hydrogen) atoms. The summed E-state index contributed by atoms with van der Waals surface area (Å²) in [6.45, 7) is 2.49. The van der Waals surface area contributed by atoms with Crippen LogP contribution in [0.1, 0.15) is 12.5 Å². The maximum atomic E-state index is 9.17. The lowest BCUT2D eigenvalue weighted by atomic mass is 10.0. The molecule has 1 aromatic heterocycles. The van der Waals surface area contributed by atoms with E-state index in [1.54, 1.807) is 12.3 Å². The van der Waals surface area contributed by atoms with Crippen molar-refractivity contribution in [3.05, 3.63) is 47.2 Å². The molecule has 0 saturated carbocycles. The van der Waals surface area contributed by atoms with Crippen LogP contribution < -0.4 is 4.74 Å². The molecule has 0 saturated heterocycles. The van der Waals surface area contributed by atoms with Gasteiger partial charge in [-0.15, -0.1) is 0 Å². The SMILES string of the molecule is CCOc1ccccc1-c1ccnc(Cl)c1C#N. The van der Waals surface area contributed by atoms with Gasteiger partial charge >= 0.3 is 0 Å². The standard InChI is InChI=1S/C14H11ClN2O/c1-2-18-13-6-4-3-5-11(13)10-7-8-17-14(15)12(10)9-16/h3-8H,2H2,1H3. The minimum atomic E-state index is 0.210. The van der Waals surface area contributed by atoms with E-state index in [0.717, 1.165) is 16.9 Å². The Morgan fingerprint density at radius 2 is 2.06 bits per heavy atom. The highest BCUT2D eigenvalue weighted by molar-refractivity contribution is 6.31. The van der Waals surface area contributed by atoms with Gasteiger partial charge in [0.15, 0.2) is 0 Å². The van der Waals surface area contributed by atoms with Crippen LogP contribution in [0.15, 0.2) is 36.5 Å². The molecule has 0 aliphatic carbocycles. The van der Waals surface area contributed by atoms with Gasteiger partial charge in [-0.3, -0.25) is 0 Å². The molecule has 3 nitrogen and oxygen atoms in total. The van der Waals surface area contributed by atoms with Crippen LogP contribution in [0.25, 0.3) is 11.1 Å². The van der Waals surface area contributed by atoms with Crippen molar-refractivity contribution in [3.8, 4) is 22.9 Å². The van der Waals surface area contributed by atoms with Gasteiger partial charge in [0.2, 0.25) is 0 Å². The Morgan fingerprint density at radius 3 is 2.78 bits per heavy atom. The maximum absolute atomic E-state index is 9.17. The molecule has 0 aliphatic heterocycles. The average molecular weight is 259 g/mol. The van der Waals surface area contributed by atoms with E-state index in [1.165, 1.54) is 0 Å². The van der Waals surface area contributed by atoms with Crippen molar-refractivity contribution in [2.75, 3.05) is 6.61 Å². The fraction of sp³-hybridized carbons (Fsp3) is 0.143. The number of nitrogens with zero attached hydrogens (tertiary/aromatic N) is 2. The topological polar surface area (TPSA) is 45.9 Å². The van der Waals surface area contributed by atoms with Crippen LogP contribution in [-0.4, -0.2) is 11.6 Å². The highest BCUT2D eigenvalue weighted by atomic mass is 35.5. The van der Waals surface area contributed by atoms with Gasteiger partial charge in [-0.1, -0.05) is 29.8 Å². The zero-order valence-electron chi connectivity index (χ0n) is 9.85. The first kappa shape index (κ1) is 12.4. The van der Waals surface area contributed by atoms with Crippen molar-refractivity contribution in [1.29, 1.82) is 5.26 Å². The number of nitriles is 1. The third-order valence-corrected chi connectivity index (χ3v) is 2.78. The quantitative estimate of drug-likeness (QED) is 0.789. The molecule has 0 fully saturated rings. The first-order valence-corrected chi connectivity index (χ1v) is 5.92. The van der Waals surface area contributed by atoms with Gasteiger partial charge in [0.25, 0.3) is 0 Å². The lowest BCUT2D eigenvalue weighted by Crippen LogP contribution is -1.95. The first-order chi connectivity index (χ1) is 8.77. The minimum Gasteiger partial charge on any atom is -0.493 e. The molecule has 0 amide bonds. The van der Waals surface area contributed by atoms with Gasteiger partial charge in [-0.25, -0.2) is 4.98 Å². The number of pyridine rings is 1. The van der Waals surface area contributed by atoms with Crippen LogP contribution in [0.4, 0.5) is 0 Å². The average Bonchev–Trinajstić information content (AvgIpc) is 2.39. The molecule has 2 rings (SSSR count). The molecule has 2 aromatic rings. The fourth-order valence-corrected chi connectivity index (χ4v) is 1.94. The van der Waals surface area contributed by atoms with E-state index in [1.807, 2.05) is 31.2 Å². The molecule has 4 heteroatoms. The molecule has 0 radical (unpaired) electrons. The summed E-state index contributed by atoms with van der Waals surface area (Å²) >= 11 is 5.93. The van der Waals surface area contributed by atoms with Crippen molar-refractivity contribution in [3.63, 3.8) is 0 Å². The highest BCUT2D eigenvalue weighted by Crippen LogP contribution is 2.33. The Hall–Kier alpha value is -2.05. The second-order valence-electron chi connectivity index (χ2n) is 3.57. The van der Waals surface area contributed by atoms with Crippen molar-refractivity contribution in [1.82, 2.24) is 4.98 Å². The molecule has 1 aromatic carbocycles. The molecule has 90 valence electrons. The largest absolute Gasteiger partial charge is 0.493 e. The van der Waals surface area contributed by atoms with E-state index >= 15 is 0 Å². The van der Waals surface area contributed by atoms with Crippen LogP contribution >= 0.6 is 11.6 Å². The van der Waals surface area contributed by atoms with Gasteiger partial charge in [-0.2, -0.15) is 5.26 Å². The van der Waals surface area contributed by atoms with E-state index in [-0.39, 0.29) is 5.15 Å². The lowest BCUT2D eigenvalue weighted by molar-refractivity contribution is 0.341. The highest BCUT2D eigenvalue weighted by Gasteiger charge is 2.13. The number of hydrogen-bond donors (Lipinski definition) is 0. The van der Waals surface area contributed by atoms with E-state index in [0.29, 0.717) is 12.2 Å². The summed E-state index contributed by atoms with van der Waals surface area (Å²) in [5.41, 5.74) is 1.95. The summed E-state index contributed by atoms with van der Waals surface area (Å²) in [6.07, 6.45) is 1.58. The Kier molecular flexibility index (Phi) is 3.81. The molecular weight excluding hydrogens is 248 g/mol. The number of aromatic nitrogens is 1. The number of benzene rings is 1. The van der Waals surface area contributed by atoms with E-state index in [2.05, 4.69) is 11.1 Å². The zero-order valence-corrected chi connectivity index (χ0v) is 10.6. The molecule has 0 bridgehead atoms. The van der Waals surface area contributed by atoms with Crippen molar-refractivity contribution in [2.24, 2.45) is 0 Å². The predicted octanol–water partition coefficient (Wildman–Crippen LogP) is 3.67. The molecule has 1 heterocycles. The summed E-state index contributed by atoms with van der Waals surface area (Å²) in [5.74, 6) is 0.735. The van der Waals surface area contributed by atoms with Crippen LogP contribution in [-0.2, 0) is 0 Å². The van der Waals surface area contributed by atoms with Crippen molar-refractivity contribution < 1.29 is 4.74 Å². The molecule has 0 spiro atoms. The number of rotatable bonds is 3. The molecule has 0 unspecified atom stereocenters. The summed E-state index contributed by atoms with van der Waals surface area (Å²) in [7, 11) is 0. The minimum absolute atomic E-state index is 0.210. The van der Waals surface area contributed by atoms with Crippen molar-refractivity contribution in [2.45, 2.75) is 6.92 Å². The Labute approximate surface area is 111 Å². The third kappa shape index (κ3) is 2.29. The lowest BCUT2D eigenvalue weighted by Gasteiger charge is -2.11. The second kappa shape index (κ2) is 5.52. The van der Waals surface area contributed by atoms with Crippen molar-refractivity contribution >= 4 is 11.6 Å². The molecular formula is C14H11ClN2O. The van der Waals surface area contributed by atoms with E-state index < -0.39 is 0 Å². The number of hydrogen-bond acceptors (Lipinski definition) is 3. The van der Waals surface area contributed by atoms with Gasteiger partial charge in [0.05, 0.1) is 12.2 Å². The fourth-order valence-electron chi connectivity index (χ4n) is 1.74. The number of halogens is 1. The summed E-state index contributed by atoms with van der Waals surface area (Å²) in [4.78, 5) is 3.91. The first-order valence-electron chi connectivity index (χ1n) is 5.54. The third-order valence-electron chi connectivity index (χ3n) is 2.49. The van der Waals surface area contributed by atoms with Crippen LogP contribution in [0.3, 0.4) is 0 Å². The summed E-state index contributed by atoms with van der Waals surface area (Å²) in [6, 6.07) is 11.4. The molecule has 0 aliphatic rings.